The Bertz CT molecular complexity index is 2000. The molecule has 0 aliphatic carbocycles. The number of hydrogen-bond donors (Lipinski definition) is 4. The van der Waals surface area contributed by atoms with Crippen molar-refractivity contribution in [2.45, 2.75) is 38.8 Å². The normalized spacial score (nSPS) is 12.3. The summed E-state index contributed by atoms with van der Waals surface area (Å²) in [5.41, 5.74) is 13.5. The van der Waals surface area contributed by atoms with Crippen molar-refractivity contribution in [3.63, 3.8) is 0 Å². The van der Waals surface area contributed by atoms with Crippen LogP contribution in [0.15, 0.2) is 104 Å². The van der Waals surface area contributed by atoms with Crippen LogP contribution in [0.2, 0.25) is 0 Å². The van der Waals surface area contributed by atoms with Gasteiger partial charge in [0, 0.05) is 49.9 Å². The van der Waals surface area contributed by atoms with E-state index < -0.39 is 18.3 Å². The molecule has 5 aromatic rings. The molecule has 0 bridgehead atoms. The lowest BCUT2D eigenvalue weighted by molar-refractivity contribution is -0.274. The van der Waals surface area contributed by atoms with Gasteiger partial charge in [-0.25, -0.2) is 4.98 Å². The van der Waals surface area contributed by atoms with E-state index in [9.17, 15) is 28.2 Å². The maximum absolute atomic E-state index is 12.8. The molecule has 1 unspecified atom stereocenters. The third kappa shape index (κ3) is 9.66. The summed E-state index contributed by atoms with van der Waals surface area (Å²) in [6.07, 6.45) is 0.858. The molecule has 9 nitrogen and oxygen atoms in total. The lowest BCUT2D eigenvalue weighted by atomic mass is 9.99. The molecule has 5 N–H and O–H groups in total. The molecule has 0 fully saturated rings. The van der Waals surface area contributed by atoms with Crippen LogP contribution < -0.4 is 20.7 Å². The topological polar surface area (TPSA) is 126 Å². The number of aliphatic hydroxyl groups excluding tert-OH is 2. The number of aliphatic hydroxyl groups is 2. The summed E-state index contributed by atoms with van der Waals surface area (Å²) >= 11 is 0. The number of halogens is 3. The Morgan fingerprint density at radius 2 is 1.75 bits per heavy atom. The van der Waals surface area contributed by atoms with Gasteiger partial charge in [-0.15, -0.1) is 13.2 Å². The van der Waals surface area contributed by atoms with Gasteiger partial charge < -0.3 is 35.5 Å². The number of amides is 1. The number of hydrogen-bond acceptors (Lipinski definition) is 7. The van der Waals surface area contributed by atoms with Crippen LogP contribution in [0.4, 0.5) is 18.9 Å². The molecule has 0 saturated carbocycles. The molecule has 1 atom stereocenters. The molecule has 4 aromatic carbocycles. The number of aromatic nitrogens is 2. The van der Waals surface area contributed by atoms with Crippen molar-refractivity contribution in [1.29, 1.82) is 0 Å². The molecular formula is C40H42F3N5O4. The SMILES string of the molecule is C=C/C=C\c1cccc(CNC(CC(N)=O)c2ccc3c(c2)nc(-c2ccc(N(CCO)CCO)cc2)n3Cc2ccc(OC(F)(F)F)cc2)c1C. The number of nitrogens with zero attached hydrogens (tertiary/aromatic N) is 3. The number of allylic oxidation sites excluding steroid dienone is 2. The third-order valence-corrected chi connectivity index (χ3v) is 8.75. The lowest BCUT2D eigenvalue weighted by Crippen LogP contribution is -2.29. The summed E-state index contributed by atoms with van der Waals surface area (Å²) < 4.78 is 44.4. The van der Waals surface area contributed by atoms with E-state index in [2.05, 4.69) is 16.6 Å². The molecular weight excluding hydrogens is 671 g/mol. The summed E-state index contributed by atoms with van der Waals surface area (Å²) in [6.45, 7) is 7.13. The van der Waals surface area contributed by atoms with Crippen molar-refractivity contribution < 1.29 is 32.9 Å². The number of primary amides is 1. The van der Waals surface area contributed by atoms with Gasteiger partial charge in [0.05, 0.1) is 24.2 Å². The van der Waals surface area contributed by atoms with Gasteiger partial charge in [0.2, 0.25) is 5.91 Å². The van der Waals surface area contributed by atoms with E-state index >= 15 is 0 Å². The fourth-order valence-electron chi connectivity index (χ4n) is 6.15. The van der Waals surface area contributed by atoms with E-state index in [-0.39, 0.29) is 25.4 Å². The number of carbonyl (C=O) groups is 1. The predicted molar refractivity (Wildman–Crippen MR) is 198 cm³/mol. The van der Waals surface area contributed by atoms with Gasteiger partial charge in [-0.1, -0.05) is 61.2 Å². The van der Waals surface area contributed by atoms with Gasteiger partial charge in [0.15, 0.2) is 0 Å². The zero-order chi connectivity index (χ0) is 37.3. The van der Waals surface area contributed by atoms with Crippen LogP contribution in [0.25, 0.3) is 28.5 Å². The van der Waals surface area contributed by atoms with E-state index in [4.69, 9.17) is 10.7 Å². The highest BCUT2D eigenvalue weighted by Crippen LogP contribution is 2.31. The molecule has 0 spiro atoms. The molecule has 12 heteroatoms. The molecule has 0 aliphatic heterocycles. The van der Waals surface area contributed by atoms with Crippen molar-refractivity contribution in [2.24, 2.45) is 5.73 Å². The zero-order valence-corrected chi connectivity index (χ0v) is 28.8. The first-order valence-corrected chi connectivity index (χ1v) is 16.8. The number of imidazole rings is 1. The predicted octanol–water partition coefficient (Wildman–Crippen LogP) is 6.66. The molecule has 1 amide bonds. The molecule has 52 heavy (non-hydrogen) atoms. The van der Waals surface area contributed by atoms with E-state index in [1.54, 1.807) is 18.2 Å². The molecule has 0 radical (unpaired) electrons. The first kappa shape index (κ1) is 37.8. The first-order chi connectivity index (χ1) is 25.0. The summed E-state index contributed by atoms with van der Waals surface area (Å²) in [5, 5.41) is 22.5. The molecule has 272 valence electrons. The molecule has 1 heterocycles. The first-order valence-electron chi connectivity index (χ1n) is 16.8. The van der Waals surface area contributed by atoms with Crippen LogP contribution in [0.3, 0.4) is 0 Å². The number of alkyl halides is 3. The van der Waals surface area contributed by atoms with Crippen LogP contribution in [0.1, 0.15) is 40.3 Å². The van der Waals surface area contributed by atoms with Crippen LogP contribution in [0.5, 0.6) is 5.75 Å². The number of anilines is 1. The Kier molecular flexibility index (Phi) is 12.5. The van der Waals surface area contributed by atoms with E-state index in [0.29, 0.717) is 37.5 Å². The maximum atomic E-state index is 12.8. The third-order valence-electron chi connectivity index (χ3n) is 8.75. The Morgan fingerprint density at radius 3 is 2.38 bits per heavy atom. The van der Waals surface area contributed by atoms with Gasteiger partial charge in [0.1, 0.15) is 11.6 Å². The van der Waals surface area contributed by atoms with Crippen LogP contribution in [0, 0.1) is 6.92 Å². The second kappa shape index (κ2) is 17.2. The summed E-state index contributed by atoms with van der Waals surface area (Å²) in [5.74, 6) is -0.159. The maximum Gasteiger partial charge on any atom is 0.573 e. The van der Waals surface area contributed by atoms with Gasteiger partial charge in [-0.3, -0.25) is 4.79 Å². The number of nitrogens with two attached hydrogens (primary N) is 1. The quantitative estimate of drug-likeness (QED) is 0.0795. The van der Waals surface area contributed by atoms with E-state index in [1.807, 2.05) is 89.2 Å². The second-order valence-corrected chi connectivity index (χ2v) is 12.3. The highest BCUT2D eigenvalue weighted by Gasteiger charge is 2.31. The number of ether oxygens (including phenoxy) is 1. The van der Waals surface area contributed by atoms with Crippen molar-refractivity contribution in [2.75, 3.05) is 31.2 Å². The summed E-state index contributed by atoms with van der Waals surface area (Å²) in [6, 6.07) is 24.7. The Balaban J connectivity index is 1.51. The summed E-state index contributed by atoms with van der Waals surface area (Å²) in [7, 11) is 0. The highest BCUT2D eigenvalue weighted by atomic mass is 19.4. The van der Waals surface area contributed by atoms with Crippen molar-refractivity contribution in [1.82, 2.24) is 14.9 Å². The van der Waals surface area contributed by atoms with Gasteiger partial charge >= 0.3 is 6.36 Å². The van der Waals surface area contributed by atoms with Crippen molar-refractivity contribution in [3.05, 3.63) is 131 Å². The van der Waals surface area contributed by atoms with Gasteiger partial charge in [-0.05, 0) is 83.3 Å². The smallest absolute Gasteiger partial charge is 0.406 e. The minimum Gasteiger partial charge on any atom is -0.406 e. The number of benzene rings is 4. The van der Waals surface area contributed by atoms with Crippen molar-refractivity contribution >= 4 is 28.7 Å². The highest BCUT2D eigenvalue weighted by molar-refractivity contribution is 5.82. The standard InChI is InChI=1S/C40H42F3N5O4/c1-3-4-6-29-7-5-8-32(27(29)2)25-45-35(24-38(44)51)31-13-18-37-36(23-31)46-39(30-11-14-33(15-12-30)47(19-21-49)20-22-50)48(37)26-28-9-16-34(17-10-28)52-40(41,42)43/h3-18,23,35,45,49-50H,1,19-22,24-26H2,2H3,(H2,44,51)/b6-4-. The van der Waals surface area contributed by atoms with Gasteiger partial charge in [0.25, 0.3) is 0 Å². The summed E-state index contributed by atoms with van der Waals surface area (Å²) in [4.78, 5) is 19.1. The van der Waals surface area contributed by atoms with Crippen LogP contribution >= 0.6 is 0 Å². The number of fused-ring (bicyclic) bond motifs is 1. The Labute approximate surface area is 300 Å². The molecule has 1 aromatic heterocycles. The molecule has 0 aliphatic rings. The minimum absolute atomic E-state index is 0.0557. The zero-order valence-electron chi connectivity index (χ0n) is 28.8. The van der Waals surface area contributed by atoms with E-state index in [0.717, 1.165) is 44.6 Å². The average Bonchev–Trinajstić information content (AvgIpc) is 3.47. The van der Waals surface area contributed by atoms with Crippen LogP contribution in [-0.4, -0.2) is 58.3 Å². The fourth-order valence-corrected chi connectivity index (χ4v) is 6.15. The Hall–Kier alpha value is -5.43. The average molecular weight is 714 g/mol. The lowest BCUT2D eigenvalue weighted by Gasteiger charge is -2.23. The van der Waals surface area contributed by atoms with Crippen LogP contribution in [-0.2, 0) is 17.9 Å². The molecule has 0 saturated heterocycles. The number of carbonyl (C=O) groups excluding carboxylic acids is 1. The second-order valence-electron chi connectivity index (χ2n) is 12.3. The largest absolute Gasteiger partial charge is 0.573 e. The molecule has 5 rings (SSSR count). The van der Waals surface area contributed by atoms with Gasteiger partial charge in [-0.2, -0.15) is 0 Å². The number of rotatable bonds is 17. The van der Waals surface area contributed by atoms with E-state index in [1.165, 1.54) is 12.1 Å². The number of nitrogens with one attached hydrogen (secondary N) is 1. The Morgan fingerprint density at radius 1 is 1.04 bits per heavy atom. The monoisotopic (exact) mass is 713 g/mol. The fraction of sp³-hybridized carbons (Fsp3) is 0.250. The van der Waals surface area contributed by atoms with Crippen molar-refractivity contribution in [3.8, 4) is 17.1 Å². The minimum atomic E-state index is -4.80.